The molecule has 0 aliphatic carbocycles. The summed E-state index contributed by atoms with van der Waals surface area (Å²) in [5, 5.41) is 0.833. The summed E-state index contributed by atoms with van der Waals surface area (Å²) in [6.07, 6.45) is 0. The van der Waals surface area contributed by atoms with Gasteiger partial charge in [0.05, 0.1) is 22.1 Å². The van der Waals surface area contributed by atoms with Gasteiger partial charge in [0.1, 0.15) is 0 Å². The highest BCUT2D eigenvalue weighted by atomic mass is 35.5. The van der Waals surface area contributed by atoms with Crippen LogP contribution >= 0.6 is 23.2 Å². The molecule has 1 heterocycles. The number of ether oxygens (including phenoxy) is 1. The van der Waals surface area contributed by atoms with Gasteiger partial charge in [-0.15, -0.1) is 0 Å². The molecule has 0 radical (unpaired) electrons. The van der Waals surface area contributed by atoms with Crippen molar-refractivity contribution in [2.75, 3.05) is 32.8 Å². The van der Waals surface area contributed by atoms with E-state index in [-0.39, 0.29) is 12.5 Å². The van der Waals surface area contributed by atoms with Crippen LogP contribution in [-0.2, 0) is 24.5 Å². The van der Waals surface area contributed by atoms with Crippen LogP contribution in [0.1, 0.15) is 26.3 Å². The minimum absolute atomic E-state index is 0.0703. The van der Waals surface area contributed by atoms with E-state index in [1.165, 1.54) is 4.90 Å². The minimum atomic E-state index is -0.858. The van der Waals surface area contributed by atoms with Gasteiger partial charge in [-0.25, -0.2) is 4.79 Å². The third-order valence-electron chi connectivity index (χ3n) is 4.48. The molecule has 1 aromatic rings. The van der Waals surface area contributed by atoms with Crippen LogP contribution in [0.15, 0.2) is 18.2 Å². The van der Waals surface area contributed by atoms with Crippen molar-refractivity contribution in [2.24, 2.45) is 0 Å². The molecule has 0 atom stereocenters. The van der Waals surface area contributed by atoms with Crippen molar-refractivity contribution in [2.45, 2.75) is 26.2 Å². The van der Waals surface area contributed by atoms with Crippen LogP contribution in [0, 0.1) is 0 Å². The summed E-state index contributed by atoms with van der Waals surface area (Å²) in [5.74, 6) is -1.59. The van der Waals surface area contributed by atoms with Crippen molar-refractivity contribution in [3.8, 4) is 0 Å². The second-order valence-electron chi connectivity index (χ2n) is 6.56. The van der Waals surface area contributed by atoms with Gasteiger partial charge in [0.25, 0.3) is 0 Å². The molecule has 1 saturated heterocycles. The Kier molecular flexibility index (Phi) is 6.53. The van der Waals surface area contributed by atoms with E-state index >= 15 is 0 Å². The maximum Gasteiger partial charge on any atom is 0.397 e. The van der Waals surface area contributed by atoms with Crippen molar-refractivity contribution in [3.63, 3.8) is 0 Å². The fourth-order valence-corrected chi connectivity index (χ4v) is 3.14. The molecule has 1 aliphatic heterocycles. The predicted octanol–water partition coefficient (Wildman–Crippen LogP) is 2.50. The van der Waals surface area contributed by atoms with Gasteiger partial charge >= 0.3 is 11.9 Å². The van der Waals surface area contributed by atoms with E-state index in [0.29, 0.717) is 36.2 Å². The molecule has 2 amide bonds. The van der Waals surface area contributed by atoms with Crippen LogP contribution < -0.4 is 0 Å². The molecule has 1 aromatic carbocycles. The maximum absolute atomic E-state index is 13.0. The second-order valence-corrected chi connectivity index (χ2v) is 7.37. The number of rotatable bonds is 3. The van der Waals surface area contributed by atoms with Crippen molar-refractivity contribution >= 4 is 41.0 Å². The number of amides is 2. The zero-order chi connectivity index (χ0) is 19.5. The fourth-order valence-electron chi connectivity index (χ4n) is 2.84. The van der Waals surface area contributed by atoms with Gasteiger partial charge in [0, 0.05) is 26.2 Å². The zero-order valence-electron chi connectivity index (χ0n) is 15.1. The summed E-state index contributed by atoms with van der Waals surface area (Å²) in [4.78, 5) is 39.6. The molecule has 142 valence electrons. The van der Waals surface area contributed by atoms with Gasteiger partial charge < -0.3 is 14.5 Å². The Hall–Kier alpha value is -1.79. The van der Waals surface area contributed by atoms with Crippen molar-refractivity contribution in [1.82, 2.24) is 9.80 Å². The van der Waals surface area contributed by atoms with Crippen molar-refractivity contribution < 1.29 is 19.1 Å². The van der Waals surface area contributed by atoms with Gasteiger partial charge in [-0.05, 0) is 38.5 Å². The van der Waals surface area contributed by atoms with E-state index in [1.54, 1.807) is 30.0 Å². The molecule has 1 aliphatic rings. The van der Waals surface area contributed by atoms with Gasteiger partial charge in [-0.1, -0.05) is 29.3 Å². The first-order chi connectivity index (χ1) is 12.2. The topological polar surface area (TPSA) is 66.9 Å². The third kappa shape index (κ3) is 4.30. The standard InChI is InChI=1S/C18H22Cl2N2O4/c1-4-26-16(24)15(23)21-7-9-22(10-8-21)17(25)18(2,3)12-5-6-13(19)14(20)11-12/h5-6,11H,4,7-10H2,1-3H3. The molecule has 0 saturated carbocycles. The molecule has 0 aromatic heterocycles. The van der Waals surface area contributed by atoms with Gasteiger partial charge in [0.15, 0.2) is 0 Å². The molecule has 2 rings (SSSR count). The molecule has 0 bridgehead atoms. The number of halogens is 2. The largest absolute Gasteiger partial charge is 0.459 e. The molecule has 6 nitrogen and oxygen atoms in total. The Morgan fingerprint density at radius 1 is 1.04 bits per heavy atom. The number of piperazine rings is 1. The van der Waals surface area contributed by atoms with Gasteiger partial charge in [-0.3, -0.25) is 9.59 Å². The van der Waals surface area contributed by atoms with E-state index < -0.39 is 17.3 Å². The van der Waals surface area contributed by atoms with Crippen LogP contribution in [0.4, 0.5) is 0 Å². The highest BCUT2D eigenvalue weighted by Gasteiger charge is 2.36. The number of benzene rings is 1. The monoisotopic (exact) mass is 400 g/mol. The number of carbonyl (C=O) groups is 3. The lowest BCUT2D eigenvalue weighted by Crippen LogP contribution is -2.55. The number of esters is 1. The van der Waals surface area contributed by atoms with Crippen LogP contribution in [0.2, 0.25) is 10.0 Å². The molecule has 0 N–H and O–H groups in total. The van der Waals surface area contributed by atoms with Gasteiger partial charge in [0.2, 0.25) is 5.91 Å². The summed E-state index contributed by atoms with van der Waals surface area (Å²) >= 11 is 12.0. The Balaban J connectivity index is 2.04. The lowest BCUT2D eigenvalue weighted by Gasteiger charge is -2.38. The van der Waals surface area contributed by atoms with Crippen molar-refractivity contribution in [3.05, 3.63) is 33.8 Å². The Bertz CT molecular complexity index is 713. The highest BCUT2D eigenvalue weighted by molar-refractivity contribution is 6.42. The fraction of sp³-hybridized carbons (Fsp3) is 0.500. The molecule has 26 heavy (non-hydrogen) atoms. The number of carbonyl (C=O) groups excluding carboxylic acids is 3. The predicted molar refractivity (Wildman–Crippen MR) is 99.3 cm³/mol. The lowest BCUT2D eigenvalue weighted by atomic mass is 9.83. The van der Waals surface area contributed by atoms with E-state index in [0.717, 1.165) is 5.56 Å². The molecule has 8 heteroatoms. The average molecular weight is 401 g/mol. The quantitative estimate of drug-likeness (QED) is 0.577. The van der Waals surface area contributed by atoms with E-state index in [4.69, 9.17) is 27.9 Å². The van der Waals surface area contributed by atoms with E-state index in [2.05, 4.69) is 0 Å². The zero-order valence-corrected chi connectivity index (χ0v) is 16.6. The highest BCUT2D eigenvalue weighted by Crippen LogP contribution is 2.31. The summed E-state index contributed by atoms with van der Waals surface area (Å²) in [7, 11) is 0. The van der Waals surface area contributed by atoms with E-state index in [9.17, 15) is 14.4 Å². The molecule has 0 unspecified atom stereocenters. The normalized spacial score (nSPS) is 15.0. The first kappa shape index (κ1) is 20.5. The molecular weight excluding hydrogens is 379 g/mol. The molecule has 0 spiro atoms. The third-order valence-corrected chi connectivity index (χ3v) is 5.22. The smallest absolute Gasteiger partial charge is 0.397 e. The number of hydrogen-bond donors (Lipinski definition) is 0. The number of hydrogen-bond acceptors (Lipinski definition) is 4. The average Bonchev–Trinajstić information content (AvgIpc) is 2.63. The minimum Gasteiger partial charge on any atom is -0.459 e. The van der Waals surface area contributed by atoms with Gasteiger partial charge in [-0.2, -0.15) is 0 Å². The Morgan fingerprint density at radius 3 is 2.15 bits per heavy atom. The van der Waals surface area contributed by atoms with Crippen LogP contribution in [0.3, 0.4) is 0 Å². The van der Waals surface area contributed by atoms with E-state index in [1.807, 2.05) is 13.8 Å². The van der Waals surface area contributed by atoms with Crippen molar-refractivity contribution in [1.29, 1.82) is 0 Å². The summed E-state index contributed by atoms with van der Waals surface area (Å²) in [6.45, 7) is 6.75. The lowest BCUT2D eigenvalue weighted by molar-refractivity contribution is -0.161. The summed E-state index contributed by atoms with van der Waals surface area (Å²) < 4.78 is 4.73. The first-order valence-corrected chi connectivity index (χ1v) is 9.15. The summed E-state index contributed by atoms with van der Waals surface area (Å²) in [5.41, 5.74) is -0.0245. The SMILES string of the molecule is CCOC(=O)C(=O)N1CCN(C(=O)C(C)(C)c2ccc(Cl)c(Cl)c2)CC1. The Morgan fingerprint density at radius 2 is 1.62 bits per heavy atom. The molecule has 1 fully saturated rings. The Labute approximate surface area is 163 Å². The second kappa shape index (κ2) is 8.27. The number of nitrogens with zero attached hydrogens (tertiary/aromatic N) is 2. The van der Waals surface area contributed by atoms with Crippen LogP contribution in [0.5, 0.6) is 0 Å². The first-order valence-electron chi connectivity index (χ1n) is 8.39. The maximum atomic E-state index is 13.0. The van der Waals surface area contributed by atoms with Crippen LogP contribution in [0.25, 0.3) is 0 Å². The van der Waals surface area contributed by atoms with Crippen LogP contribution in [-0.4, -0.2) is 60.4 Å². The molecular formula is C18H22Cl2N2O4. The summed E-state index contributed by atoms with van der Waals surface area (Å²) in [6, 6.07) is 5.15.